The highest BCUT2D eigenvalue weighted by molar-refractivity contribution is 5.83. The van der Waals surface area contributed by atoms with E-state index in [0.717, 1.165) is 38.5 Å². The lowest BCUT2D eigenvalue weighted by atomic mass is 9.87. The van der Waals surface area contributed by atoms with Gasteiger partial charge in [-0.2, -0.15) is 0 Å². The Kier molecular flexibility index (Phi) is 11.3. The van der Waals surface area contributed by atoms with Crippen LogP contribution in [0, 0.1) is 11.8 Å². The molecule has 108 valence electrons. The van der Waals surface area contributed by atoms with Crippen molar-refractivity contribution < 1.29 is 13.6 Å². The number of hydrogen-bond donors (Lipinski definition) is 0. The molecule has 2 unspecified atom stereocenters. The second kappa shape index (κ2) is 11.6. The van der Waals surface area contributed by atoms with E-state index in [1.54, 1.807) is 0 Å². The molecule has 0 aliphatic heterocycles. The molecule has 0 aromatic carbocycles. The first-order valence-electron chi connectivity index (χ1n) is 7.36. The third kappa shape index (κ3) is 7.07. The van der Waals surface area contributed by atoms with Crippen LogP contribution in [-0.4, -0.2) is 19.1 Å². The number of alkyl halides is 2. The minimum Gasteiger partial charge on any atom is -0.299 e. The van der Waals surface area contributed by atoms with Crippen LogP contribution in [0.2, 0.25) is 0 Å². The van der Waals surface area contributed by atoms with Crippen LogP contribution in [0.5, 0.6) is 0 Å². The van der Waals surface area contributed by atoms with Gasteiger partial charge in [0.25, 0.3) is 0 Å². The summed E-state index contributed by atoms with van der Waals surface area (Å²) in [5.41, 5.74) is 0. The van der Waals surface area contributed by atoms with Crippen LogP contribution in [0.15, 0.2) is 0 Å². The van der Waals surface area contributed by atoms with Crippen molar-refractivity contribution in [1.82, 2.24) is 0 Å². The zero-order valence-electron chi connectivity index (χ0n) is 11.9. The zero-order chi connectivity index (χ0) is 13.8. The van der Waals surface area contributed by atoms with Gasteiger partial charge in [-0.15, -0.1) is 0 Å². The first-order valence-corrected chi connectivity index (χ1v) is 7.36. The first-order chi connectivity index (χ1) is 8.71. The van der Waals surface area contributed by atoms with Crippen molar-refractivity contribution in [1.29, 1.82) is 0 Å². The molecule has 0 aliphatic carbocycles. The van der Waals surface area contributed by atoms with Gasteiger partial charge in [0, 0.05) is 11.8 Å². The number of carbonyl (C=O) groups excluding carboxylic acids is 1. The monoisotopic (exact) mass is 262 g/mol. The SMILES string of the molecule is CCCCCC(CF)C(=O)C(CF)CCCCC. The predicted octanol–water partition coefficient (Wildman–Crippen LogP) is 4.89. The van der Waals surface area contributed by atoms with Gasteiger partial charge in [-0.05, 0) is 12.8 Å². The van der Waals surface area contributed by atoms with Gasteiger partial charge < -0.3 is 0 Å². The van der Waals surface area contributed by atoms with Gasteiger partial charge >= 0.3 is 0 Å². The average Bonchev–Trinajstić information content (AvgIpc) is 2.39. The fourth-order valence-corrected chi connectivity index (χ4v) is 2.21. The maximum absolute atomic E-state index is 12.9. The molecule has 0 saturated heterocycles. The van der Waals surface area contributed by atoms with Crippen molar-refractivity contribution in [2.75, 3.05) is 13.3 Å². The molecule has 0 fully saturated rings. The van der Waals surface area contributed by atoms with E-state index >= 15 is 0 Å². The largest absolute Gasteiger partial charge is 0.299 e. The number of Topliss-reactive ketones (excluding diaryl/α,β-unsaturated/α-hetero) is 1. The third-order valence-corrected chi connectivity index (χ3v) is 3.49. The molecule has 0 heterocycles. The van der Waals surface area contributed by atoms with Crippen molar-refractivity contribution in [3.63, 3.8) is 0 Å². The van der Waals surface area contributed by atoms with Crippen LogP contribution in [0.1, 0.15) is 65.2 Å². The summed E-state index contributed by atoms with van der Waals surface area (Å²) in [4.78, 5) is 12.0. The molecule has 0 saturated carbocycles. The lowest BCUT2D eigenvalue weighted by molar-refractivity contribution is -0.128. The summed E-state index contributed by atoms with van der Waals surface area (Å²) in [6.45, 7) is 2.88. The van der Waals surface area contributed by atoms with E-state index in [0.29, 0.717) is 12.8 Å². The summed E-state index contributed by atoms with van der Waals surface area (Å²) in [5, 5.41) is 0. The van der Waals surface area contributed by atoms with E-state index in [4.69, 9.17) is 0 Å². The summed E-state index contributed by atoms with van der Waals surface area (Å²) in [6, 6.07) is 0. The van der Waals surface area contributed by atoms with Gasteiger partial charge in [0.15, 0.2) is 0 Å². The van der Waals surface area contributed by atoms with E-state index in [1.165, 1.54) is 0 Å². The minimum atomic E-state index is -0.632. The van der Waals surface area contributed by atoms with Crippen LogP contribution in [-0.2, 0) is 4.79 Å². The molecule has 2 atom stereocenters. The molecule has 0 aromatic rings. The topological polar surface area (TPSA) is 17.1 Å². The lowest BCUT2D eigenvalue weighted by Crippen LogP contribution is -2.26. The van der Waals surface area contributed by atoms with Crippen LogP contribution in [0.3, 0.4) is 0 Å². The summed E-state index contributed by atoms with van der Waals surface area (Å²) in [5.74, 6) is -1.33. The Labute approximate surface area is 110 Å². The molecule has 3 heteroatoms. The normalized spacial score (nSPS) is 14.4. The Morgan fingerprint density at radius 3 is 1.50 bits per heavy atom. The zero-order valence-corrected chi connectivity index (χ0v) is 11.9. The highest BCUT2D eigenvalue weighted by Crippen LogP contribution is 2.21. The molecular formula is C15H28F2O. The van der Waals surface area contributed by atoms with E-state index in [2.05, 4.69) is 13.8 Å². The van der Waals surface area contributed by atoms with Crippen molar-refractivity contribution in [3.8, 4) is 0 Å². The number of ketones is 1. The van der Waals surface area contributed by atoms with Crippen molar-refractivity contribution >= 4 is 5.78 Å². The fraction of sp³-hybridized carbons (Fsp3) is 0.933. The van der Waals surface area contributed by atoms with Crippen LogP contribution >= 0.6 is 0 Å². The minimum absolute atomic E-state index is 0.188. The van der Waals surface area contributed by atoms with Crippen LogP contribution in [0.25, 0.3) is 0 Å². The maximum Gasteiger partial charge on any atom is 0.144 e. The number of unbranched alkanes of at least 4 members (excludes halogenated alkanes) is 4. The molecule has 0 radical (unpaired) electrons. The van der Waals surface area contributed by atoms with Gasteiger partial charge in [-0.25, -0.2) is 0 Å². The van der Waals surface area contributed by atoms with Crippen molar-refractivity contribution in [2.45, 2.75) is 65.2 Å². The van der Waals surface area contributed by atoms with E-state index < -0.39 is 25.2 Å². The molecule has 1 nitrogen and oxygen atoms in total. The van der Waals surface area contributed by atoms with Gasteiger partial charge in [0.2, 0.25) is 0 Å². The summed E-state index contributed by atoms with van der Waals surface area (Å²) in [7, 11) is 0. The van der Waals surface area contributed by atoms with E-state index in [-0.39, 0.29) is 5.78 Å². The van der Waals surface area contributed by atoms with Crippen molar-refractivity contribution in [3.05, 3.63) is 0 Å². The highest BCUT2D eigenvalue weighted by Gasteiger charge is 2.26. The van der Waals surface area contributed by atoms with Crippen LogP contribution < -0.4 is 0 Å². The van der Waals surface area contributed by atoms with Crippen molar-refractivity contribution in [2.24, 2.45) is 11.8 Å². The Morgan fingerprint density at radius 2 is 1.22 bits per heavy atom. The summed E-state index contributed by atoms with van der Waals surface area (Å²) >= 11 is 0. The fourth-order valence-electron chi connectivity index (χ4n) is 2.21. The predicted molar refractivity (Wildman–Crippen MR) is 72.2 cm³/mol. The lowest BCUT2D eigenvalue weighted by Gasteiger charge is -2.18. The van der Waals surface area contributed by atoms with Gasteiger partial charge in [-0.1, -0.05) is 52.4 Å². The first kappa shape index (κ1) is 17.5. The molecule has 0 spiro atoms. The van der Waals surface area contributed by atoms with E-state index in [9.17, 15) is 13.6 Å². The Balaban J connectivity index is 4.16. The Morgan fingerprint density at radius 1 is 0.833 bits per heavy atom. The highest BCUT2D eigenvalue weighted by atomic mass is 19.1. The summed E-state index contributed by atoms with van der Waals surface area (Å²) in [6.07, 6.45) is 7.02. The van der Waals surface area contributed by atoms with Gasteiger partial charge in [-0.3, -0.25) is 13.6 Å². The average molecular weight is 262 g/mol. The number of rotatable bonds is 12. The van der Waals surface area contributed by atoms with E-state index in [1.807, 2.05) is 0 Å². The Bertz CT molecular complexity index is 187. The second-order valence-electron chi connectivity index (χ2n) is 5.10. The molecule has 18 heavy (non-hydrogen) atoms. The number of hydrogen-bond acceptors (Lipinski definition) is 1. The standard InChI is InChI=1S/C15H28F2O/c1-3-5-7-9-13(11-16)15(18)14(12-17)10-8-6-4-2/h13-14H,3-12H2,1-2H3. The Hall–Kier alpha value is -0.470. The maximum atomic E-state index is 12.9. The molecule has 0 bridgehead atoms. The smallest absolute Gasteiger partial charge is 0.144 e. The molecule has 0 aliphatic rings. The van der Waals surface area contributed by atoms with Crippen LogP contribution in [0.4, 0.5) is 8.78 Å². The summed E-state index contributed by atoms with van der Waals surface area (Å²) < 4.78 is 25.8. The quantitative estimate of drug-likeness (QED) is 0.458. The number of halogens is 2. The molecule has 0 rings (SSSR count). The molecule has 0 aromatic heterocycles. The molecular weight excluding hydrogens is 234 g/mol. The second-order valence-corrected chi connectivity index (χ2v) is 5.10. The number of carbonyl (C=O) groups is 1. The third-order valence-electron chi connectivity index (χ3n) is 3.49. The molecule has 0 N–H and O–H groups in total. The van der Waals surface area contributed by atoms with Gasteiger partial charge in [0.1, 0.15) is 5.78 Å². The molecule has 0 amide bonds. The van der Waals surface area contributed by atoms with Gasteiger partial charge in [0.05, 0.1) is 13.3 Å².